The highest BCUT2D eigenvalue weighted by atomic mass is 17.8. The smallest absolute Gasteiger partial charge is 0.133 e. The monoisotopic (exact) mass is 360 g/mol. The fraction of sp³-hybridized carbons (Fsp3) is 0.778. The molecule has 0 aromatic heterocycles. The van der Waals surface area contributed by atoms with Gasteiger partial charge in [-0.15, -0.1) is 0 Å². The van der Waals surface area contributed by atoms with Gasteiger partial charge in [-0.25, -0.2) is 4.89 Å². The molecule has 0 N–H and O–H groups in total. The molecule has 25 heavy (non-hydrogen) atoms. The molecule has 0 amide bonds. The van der Waals surface area contributed by atoms with Gasteiger partial charge in [0.2, 0.25) is 0 Å². The molecule has 0 aliphatic carbocycles. The van der Waals surface area contributed by atoms with E-state index in [1.165, 1.54) is 76.4 Å². The second-order valence-electron chi connectivity index (χ2n) is 5.94. The van der Waals surface area contributed by atoms with Crippen LogP contribution in [-0.4, -0.2) is 13.2 Å². The Morgan fingerprint density at radius 2 is 0.880 bits per heavy atom. The molecule has 0 fully saturated rings. The van der Waals surface area contributed by atoms with Gasteiger partial charge in [0.15, 0.2) is 0 Å². The number of hydrogen-bond acceptors (Lipinski definition) is 7. The van der Waals surface area contributed by atoms with Crippen LogP contribution in [0.3, 0.4) is 0 Å². The maximum Gasteiger partial charge on any atom is 0.133 e. The lowest BCUT2D eigenvalue weighted by Gasteiger charge is -2.03. The minimum atomic E-state index is 0.458. The number of rotatable bonds is 0. The molecule has 1 aliphatic rings. The van der Waals surface area contributed by atoms with E-state index >= 15 is 0 Å². The molecule has 0 saturated carbocycles. The zero-order valence-electron chi connectivity index (χ0n) is 15.1. The summed E-state index contributed by atoms with van der Waals surface area (Å²) in [6.45, 7) is 1.05. The Labute approximate surface area is 150 Å². The third-order valence-corrected chi connectivity index (χ3v) is 3.80. The Bertz CT molecular complexity index is 291. The van der Waals surface area contributed by atoms with E-state index in [9.17, 15) is 0 Å². The molecule has 7 nitrogen and oxygen atoms in total. The summed E-state index contributed by atoms with van der Waals surface area (Å²) in [5, 5.41) is 12.8. The van der Waals surface area contributed by atoms with Crippen LogP contribution in [0.5, 0.6) is 0 Å². The molecule has 0 unspecified atom stereocenters. The van der Waals surface area contributed by atoms with Crippen molar-refractivity contribution in [2.24, 2.45) is 0 Å². The van der Waals surface area contributed by atoms with E-state index in [1.807, 2.05) is 0 Å². The molecule has 0 bridgehead atoms. The third kappa shape index (κ3) is 17.5. The van der Waals surface area contributed by atoms with Gasteiger partial charge in [-0.2, -0.15) is 4.89 Å². The fourth-order valence-electron chi connectivity index (χ4n) is 2.44. The van der Waals surface area contributed by atoms with Crippen LogP contribution < -0.4 is 0 Å². The molecule has 7 heteroatoms. The van der Waals surface area contributed by atoms with Gasteiger partial charge in [-0.3, -0.25) is 0 Å². The van der Waals surface area contributed by atoms with Gasteiger partial charge < -0.3 is 9.78 Å². The first kappa shape index (κ1) is 21.9. The van der Waals surface area contributed by atoms with Crippen LogP contribution in [-0.2, 0) is 34.7 Å². The van der Waals surface area contributed by atoms with Gasteiger partial charge in [0.25, 0.3) is 0 Å². The topological polar surface area (TPSA) is 64.6 Å². The zero-order valence-corrected chi connectivity index (χ0v) is 15.1. The Morgan fingerprint density at radius 3 is 1.48 bits per heavy atom. The molecular formula is C18H32O7. The molecule has 146 valence electrons. The fourth-order valence-corrected chi connectivity index (χ4v) is 2.44. The van der Waals surface area contributed by atoms with Crippen molar-refractivity contribution in [3.63, 3.8) is 0 Å². The highest BCUT2D eigenvalue weighted by molar-refractivity contribution is 4.95. The Kier molecular flexibility index (Phi) is 16.8. The van der Waals surface area contributed by atoms with E-state index in [-0.39, 0.29) is 0 Å². The first-order valence-corrected chi connectivity index (χ1v) is 9.38. The van der Waals surface area contributed by atoms with Crippen molar-refractivity contribution < 1.29 is 34.7 Å². The van der Waals surface area contributed by atoms with Gasteiger partial charge in [-0.05, 0) is 30.0 Å². The van der Waals surface area contributed by atoms with E-state index in [0.29, 0.717) is 13.2 Å². The van der Waals surface area contributed by atoms with Gasteiger partial charge >= 0.3 is 0 Å². The minimum absolute atomic E-state index is 0.458. The predicted octanol–water partition coefficient (Wildman–Crippen LogP) is 5.40. The lowest BCUT2D eigenvalue weighted by molar-refractivity contribution is -0.700. The third-order valence-electron chi connectivity index (χ3n) is 3.80. The van der Waals surface area contributed by atoms with Crippen molar-refractivity contribution in [2.75, 3.05) is 13.2 Å². The summed E-state index contributed by atoms with van der Waals surface area (Å²) in [4.78, 5) is 19.2. The molecule has 0 atom stereocenters. The summed E-state index contributed by atoms with van der Waals surface area (Å²) in [6, 6.07) is 0. The van der Waals surface area contributed by atoms with E-state index in [4.69, 9.17) is 14.7 Å². The van der Waals surface area contributed by atoms with Crippen molar-refractivity contribution >= 4 is 0 Å². The Balaban J connectivity index is 2.09. The normalized spacial score (nSPS) is 23.4. The second kappa shape index (κ2) is 19.2. The van der Waals surface area contributed by atoms with Crippen molar-refractivity contribution in [2.45, 2.75) is 77.0 Å². The summed E-state index contributed by atoms with van der Waals surface area (Å²) in [7, 11) is 0. The predicted molar refractivity (Wildman–Crippen MR) is 91.0 cm³/mol. The highest BCUT2D eigenvalue weighted by Gasteiger charge is 1.96. The summed E-state index contributed by atoms with van der Waals surface area (Å²) in [5.74, 6) is 0. The van der Waals surface area contributed by atoms with Crippen LogP contribution >= 0.6 is 0 Å². The van der Waals surface area contributed by atoms with Crippen LogP contribution in [0.25, 0.3) is 0 Å². The Morgan fingerprint density at radius 1 is 0.400 bits per heavy atom. The van der Waals surface area contributed by atoms with Crippen LogP contribution in [0.1, 0.15) is 77.0 Å². The summed E-state index contributed by atoms with van der Waals surface area (Å²) in [5.41, 5.74) is 0. The molecule has 0 radical (unpaired) electrons. The largest absolute Gasteiger partial charge is 0.345 e. The number of hydrogen-bond donors (Lipinski definition) is 0. The van der Waals surface area contributed by atoms with Crippen molar-refractivity contribution in [3.8, 4) is 0 Å². The standard InChI is InChI=1S/C18H32O7/c1-2-4-6-8-10-12-17-21-23-25-24-22-18-14-13-16-20-19-15-11-9-7-5-3-1/h13-14,16,18H,1-12,15,17H2/b16-13?,18-14-. The van der Waals surface area contributed by atoms with Gasteiger partial charge in [0.1, 0.15) is 12.5 Å². The zero-order chi connectivity index (χ0) is 17.7. The van der Waals surface area contributed by atoms with Crippen molar-refractivity contribution in [1.29, 1.82) is 0 Å². The van der Waals surface area contributed by atoms with Crippen LogP contribution in [0.15, 0.2) is 24.7 Å². The van der Waals surface area contributed by atoms with Crippen LogP contribution in [0, 0.1) is 0 Å². The SMILES string of the molecule is C1=COOCCCCCCCCCCCCCCOOOOO/C=C\1. The lowest BCUT2D eigenvalue weighted by atomic mass is 10.1. The first-order chi connectivity index (χ1) is 12.5. The average Bonchev–Trinajstić information content (AvgIpc) is 2.62. The van der Waals surface area contributed by atoms with Gasteiger partial charge in [0, 0.05) is 10.1 Å². The van der Waals surface area contributed by atoms with E-state index in [2.05, 4.69) is 20.0 Å². The van der Waals surface area contributed by atoms with E-state index in [1.54, 1.807) is 6.08 Å². The first-order valence-electron chi connectivity index (χ1n) is 9.38. The lowest BCUT2D eigenvalue weighted by Crippen LogP contribution is -1.99. The molecule has 0 aromatic carbocycles. The molecule has 1 heterocycles. The highest BCUT2D eigenvalue weighted by Crippen LogP contribution is 2.12. The second-order valence-corrected chi connectivity index (χ2v) is 5.94. The van der Waals surface area contributed by atoms with Gasteiger partial charge in [-0.1, -0.05) is 64.2 Å². The van der Waals surface area contributed by atoms with Gasteiger partial charge in [0.05, 0.1) is 13.2 Å². The molecule has 1 aliphatic heterocycles. The molecule has 0 spiro atoms. The summed E-state index contributed by atoms with van der Waals surface area (Å²) >= 11 is 0. The Hall–Kier alpha value is -1.12. The average molecular weight is 360 g/mol. The maximum absolute atomic E-state index is 5.03. The summed E-state index contributed by atoms with van der Waals surface area (Å²) < 4.78 is 0. The maximum atomic E-state index is 5.03. The van der Waals surface area contributed by atoms with Crippen LogP contribution in [0.2, 0.25) is 0 Å². The quantitative estimate of drug-likeness (QED) is 0.536. The van der Waals surface area contributed by atoms with Crippen molar-refractivity contribution in [3.05, 3.63) is 24.7 Å². The molecule has 0 aromatic rings. The summed E-state index contributed by atoms with van der Waals surface area (Å²) in [6.07, 6.45) is 20.4. The van der Waals surface area contributed by atoms with Crippen molar-refractivity contribution in [1.82, 2.24) is 0 Å². The number of allylic oxidation sites excluding steroid dienone is 2. The van der Waals surface area contributed by atoms with E-state index in [0.717, 1.165) is 19.3 Å². The molecular weight excluding hydrogens is 328 g/mol. The minimum Gasteiger partial charge on any atom is -0.345 e. The van der Waals surface area contributed by atoms with E-state index < -0.39 is 0 Å². The molecule has 0 saturated heterocycles. The molecule has 1 rings (SSSR count). The van der Waals surface area contributed by atoms with Crippen LogP contribution in [0.4, 0.5) is 0 Å².